The van der Waals surface area contributed by atoms with Gasteiger partial charge in [0.05, 0.1) is 17.1 Å². The van der Waals surface area contributed by atoms with Crippen LogP contribution in [0.25, 0.3) is 22.3 Å². The van der Waals surface area contributed by atoms with Gasteiger partial charge in [-0.25, -0.2) is 0 Å². The van der Waals surface area contributed by atoms with E-state index in [2.05, 4.69) is 12.1 Å². The van der Waals surface area contributed by atoms with E-state index in [-0.39, 0.29) is 17.2 Å². The predicted octanol–water partition coefficient (Wildman–Crippen LogP) is 6.38. The average Bonchev–Trinajstić information content (AvgIpc) is 2.91. The van der Waals surface area contributed by atoms with Crippen LogP contribution < -0.4 is 4.90 Å². The number of benzene rings is 4. The molecular weight excluding hydrogens is 515 g/mol. The van der Waals surface area contributed by atoms with Crippen LogP contribution in [0.3, 0.4) is 0 Å². The van der Waals surface area contributed by atoms with E-state index in [1.54, 1.807) is 17.0 Å². The Hall–Kier alpha value is -3.95. The van der Waals surface area contributed by atoms with Gasteiger partial charge >= 0.3 is 6.68 Å². The third-order valence-electron chi connectivity index (χ3n) is 6.41. The van der Waals surface area contributed by atoms with Gasteiger partial charge in [-0.05, 0) is 39.9 Å². The van der Waals surface area contributed by atoms with Crippen LogP contribution >= 0.6 is 0 Å². The molecule has 7 rings (SSSR count). The number of hydrogen-bond acceptors (Lipinski definition) is 4. The number of fused-ring (bicyclic) bond motifs is 2. The lowest BCUT2D eigenvalue weighted by Gasteiger charge is -2.36. The number of carbonyl (C=O) groups excluding carboxylic acids is 1. The van der Waals surface area contributed by atoms with E-state index in [1.165, 1.54) is 6.07 Å². The molecule has 194 valence electrons. The lowest BCUT2D eigenvalue weighted by molar-refractivity contribution is -0.125. The minimum absolute atomic E-state index is 0.0611. The molecule has 5 nitrogen and oxygen atoms in total. The summed E-state index contributed by atoms with van der Waals surface area (Å²) in [6.07, 6.45) is -0.882. The summed E-state index contributed by atoms with van der Waals surface area (Å²) in [6, 6.07) is 30.7. The molecule has 0 saturated carbocycles. The summed E-state index contributed by atoms with van der Waals surface area (Å²) in [5.74, 6) is -0.346. The first-order valence-corrected chi connectivity index (χ1v) is 13.2. The lowest BCUT2D eigenvalue weighted by atomic mass is 9.92. The number of nitrogens with zero attached hydrogens (tertiary/aromatic N) is 1. The van der Waals surface area contributed by atoms with Crippen LogP contribution in [0.5, 0.6) is 0 Å². The minimum atomic E-state index is -4.08. The van der Waals surface area contributed by atoms with Crippen molar-refractivity contribution in [1.82, 2.24) is 0 Å². The van der Waals surface area contributed by atoms with Gasteiger partial charge in [-0.3, -0.25) is 8.98 Å². The molecule has 0 saturated heterocycles. The highest BCUT2D eigenvalue weighted by Gasteiger charge is 2.39. The quantitative estimate of drug-likeness (QED) is 0.285. The van der Waals surface area contributed by atoms with Crippen LogP contribution in [-0.4, -0.2) is 27.1 Å². The Morgan fingerprint density at radius 3 is 2.16 bits per heavy atom. The van der Waals surface area contributed by atoms with Crippen LogP contribution in [0.2, 0.25) is 0 Å². The van der Waals surface area contributed by atoms with Gasteiger partial charge in [0, 0.05) is 12.0 Å². The van der Waals surface area contributed by atoms with Crippen molar-refractivity contribution < 1.29 is 30.6 Å². The maximum atomic E-state index is 13.6. The fourth-order valence-corrected chi connectivity index (χ4v) is 5.84. The molecule has 0 N–H and O–H groups in total. The Kier molecular flexibility index (Phi) is 7.05. The van der Waals surface area contributed by atoms with Crippen LogP contribution in [0.1, 0.15) is 11.1 Å². The summed E-state index contributed by atoms with van der Waals surface area (Å²) < 4.78 is 60.3. The molecule has 0 radical (unpaired) electrons. The first kappa shape index (κ1) is 25.7. The molecule has 4 aromatic carbocycles. The van der Waals surface area contributed by atoms with E-state index in [4.69, 9.17) is 4.18 Å². The summed E-state index contributed by atoms with van der Waals surface area (Å²) in [5.41, 5.74) is 6.44. The molecule has 1 amide bonds. The van der Waals surface area contributed by atoms with E-state index in [1.807, 2.05) is 66.7 Å². The number of para-hydroxylation sites is 1. The standard InChI is InChI=1S/C28H21NO4S.CHF3/c30-28-26-17-23-9-5-11-25(22-8-4-10-24(16-22)34(31,32)33-26)27(23)29(28)18-19-12-14-21(15-13-19)20-6-2-1-3-7-20;2-1(3)4/h1-16,26H,17-18H2;1H. The zero-order chi connectivity index (χ0) is 26.9. The SMILES string of the molecule is FC(F)F.O=C1C2Cc3cccc(c3N1Cc1ccc(-c3ccccc3)cc1)-c1cccc(c1)S(=O)(=O)O2. The highest BCUT2D eigenvalue weighted by molar-refractivity contribution is 7.86. The van der Waals surface area contributed by atoms with Crippen LogP contribution in [0.15, 0.2) is 102 Å². The Morgan fingerprint density at radius 2 is 1.45 bits per heavy atom. The van der Waals surface area contributed by atoms with Gasteiger partial charge in [0.15, 0.2) is 6.10 Å². The zero-order valence-electron chi connectivity index (χ0n) is 19.9. The molecule has 0 spiro atoms. The van der Waals surface area contributed by atoms with Crippen molar-refractivity contribution >= 4 is 21.7 Å². The number of rotatable bonds is 3. The Balaban J connectivity index is 0.000000689. The molecule has 3 heterocycles. The number of halogens is 3. The zero-order valence-corrected chi connectivity index (χ0v) is 20.7. The van der Waals surface area contributed by atoms with Gasteiger partial charge in [-0.2, -0.15) is 21.6 Å². The fourth-order valence-electron chi connectivity index (χ4n) is 4.75. The average molecular weight is 538 g/mol. The first-order valence-electron chi connectivity index (χ1n) is 11.8. The van der Waals surface area contributed by atoms with E-state index < -0.39 is 22.9 Å². The fraction of sp³-hybridized carbons (Fsp3) is 0.138. The molecular formula is C29H22F3NO4S. The molecule has 1 unspecified atom stereocenters. The molecule has 3 aliphatic rings. The number of hydrogen-bond donors (Lipinski definition) is 0. The molecule has 38 heavy (non-hydrogen) atoms. The summed E-state index contributed by atoms with van der Waals surface area (Å²) in [5, 5.41) is 0. The molecule has 3 aliphatic heterocycles. The highest BCUT2D eigenvalue weighted by Crippen LogP contribution is 2.41. The Morgan fingerprint density at radius 1 is 0.816 bits per heavy atom. The normalized spacial score (nSPS) is 17.1. The lowest BCUT2D eigenvalue weighted by Crippen LogP contribution is -2.46. The molecule has 1 atom stereocenters. The Labute approximate surface area is 218 Å². The van der Waals surface area contributed by atoms with Crippen LogP contribution in [-0.2, 0) is 32.1 Å². The van der Waals surface area contributed by atoms with E-state index in [9.17, 15) is 26.4 Å². The smallest absolute Gasteiger partial charge is 0.305 e. The molecule has 9 heteroatoms. The second-order valence-electron chi connectivity index (χ2n) is 8.82. The number of anilines is 1. The molecule has 0 fully saturated rings. The summed E-state index contributed by atoms with van der Waals surface area (Å²) in [7, 11) is -4.08. The first-order chi connectivity index (χ1) is 18.2. The maximum absolute atomic E-state index is 13.6. The largest absolute Gasteiger partial charge is 0.379 e. The predicted molar refractivity (Wildman–Crippen MR) is 138 cm³/mol. The number of carbonyl (C=O) groups is 1. The summed E-state index contributed by atoms with van der Waals surface area (Å²) in [6.45, 7) is -3.35. The van der Waals surface area contributed by atoms with Crippen molar-refractivity contribution in [2.75, 3.05) is 4.90 Å². The van der Waals surface area contributed by atoms with Crippen molar-refractivity contribution in [3.05, 3.63) is 108 Å². The maximum Gasteiger partial charge on any atom is 0.379 e. The third-order valence-corrected chi connectivity index (χ3v) is 7.73. The van der Waals surface area contributed by atoms with E-state index in [0.29, 0.717) is 6.54 Å². The Bertz CT molecular complexity index is 1570. The second kappa shape index (κ2) is 10.4. The third kappa shape index (κ3) is 5.20. The topological polar surface area (TPSA) is 63.7 Å². The number of amides is 1. The van der Waals surface area contributed by atoms with Gasteiger partial charge in [0.2, 0.25) is 0 Å². The van der Waals surface area contributed by atoms with Gasteiger partial charge in [-0.15, -0.1) is 0 Å². The molecule has 0 aromatic heterocycles. The molecule has 6 bridgehead atoms. The van der Waals surface area contributed by atoms with Gasteiger partial charge < -0.3 is 4.90 Å². The van der Waals surface area contributed by atoms with Crippen LogP contribution in [0, 0.1) is 0 Å². The second-order valence-corrected chi connectivity index (χ2v) is 10.4. The summed E-state index contributed by atoms with van der Waals surface area (Å²) >= 11 is 0. The van der Waals surface area contributed by atoms with E-state index in [0.717, 1.165) is 39.1 Å². The monoisotopic (exact) mass is 537 g/mol. The van der Waals surface area contributed by atoms with Gasteiger partial charge in [-0.1, -0.05) is 84.9 Å². The van der Waals surface area contributed by atoms with Crippen molar-refractivity contribution in [2.45, 2.75) is 30.6 Å². The number of alkyl halides is 3. The minimum Gasteiger partial charge on any atom is -0.305 e. The summed E-state index contributed by atoms with van der Waals surface area (Å²) in [4.78, 5) is 15.3. The molecule has 4 aromatic rings. The van der Waals surface area contributed by atoms with E-state index >= 15 is 0 Å². The van der Waals surface area contributed by atoms with Crippen molar-refractivity contribution in [2.24, 2.45) is 0 Å². The molecule has 0 aliphatic carbocycles. The van der Waals surface area contributed by atoms with Crippen LogP contribution in [0.4, 0.5) is 18.9 Å². The van der Waals surface area contributed by atoms with Gasteiger partial charge in [0.1, 0.15) is 0 Å². The van der Waals surface area contributed by atoms with Crippen molar-refractivity contribution in [3.63, 3.8) is 0 Å². The highest BCUT2D eigenvalue weighted by atomic mass is 32.2. The van der Waals surface area contributed by atoms with Gasteiger partial charge in [0.25, 0.3) is 16.0 Å². The van der Waals surface area contributed by atoms with Crippen molar-refractivity contribution in [1.29, 1.82) is 0 Å². The van der Waals surface area contributed by atoms with Crippen molar-refractivity contribution in [3.8, 4) is 22.3 Å².